The van der Waals surface area contributed by atoms with Crippen LogP contribution in [-0.4, -0.2) is 44.9 Å². The predicted molar refractivity (Wildman–Crippen MR) is 100 cm³/mol. The molecule has 0 radical (unpaired) electrons. The minimum Gasteiger partial charge on any atom is -0.492 e. The summed E-state index contributed by atoms with van der Waals surface area (Å²) in [7, 11) is -3.64. The van der Waals surface area contributed by atoms with E-state index in [1.807, 2.05) is 0 Å². The van der Waals surface area contributed by atoms with Crippen molar-refractivity contribution in [1.29, 1.82) is 0 Å². The molecule has 8 nitrogen and oxygen atoms in total. The topological polar surface area (TPSA) is 115 Å². The van der Waals surface area contributed by atoms with Crippen molar-refractivity contribution in [3.05, 3.63) is 41.9 Å². The Morgan fingerprint density at radius 3 is 2.56 bits per heavy atom. The van der Waals surface area contributed by atoms with Gasteiger partial charge >= 0.3 is 0 Å². The number of anilines is 1. The Morgan fingerprint density at radius 1 is 1.26 bits per heavy atom. The number of ether oxygens (including phenoxy) is 1. The summed E-state index contributed by atoms with van der Waals surface area (Å²) in [4.78, 5) is 12.5. The molecule has 1 fully saturated rings. The molecule has 2 aromatic rings. The van der Waals surface area contributed by atoms with E-state index >= 15 is 0 Å². The number of nitrogens with zero attached hydrogens (tertiary/aromatic N) is 1. The average molecular weight is 393 g/mol. The molecule has 1 aliphatic heterocycles. The fraction of sp³-hybridized carbons (Fsp3) is 0.389. The Morgan fingerprint density at radius 2 is 1.93 bits per heavy atom. The third kappa shape index (κ3) is 4.32. The zero-order valence-electron chi connectivity index (χ0n) is 15.1. The Labute approximate surface area is 158 Å². The third-order valence-corrected chi connectivity index (χ3v) is 6.28. The molecule has 1 amide bonds. The molecule has 1 aliphatic rings. The minimum atomic E-state index is -3.64. The van der Waals surface area contributed by atoms with E-state index in [0.29, 0.717) is 37.7 Å². The SMILES string of the molecule is Cc1oc(C(=O)Nc2ccc(OCCN)cc2)cc1S(=O)(=O)N1CCCC1. The largest absolute Gasteiger partial charge is 0.492 e. The zero-order chi connectivity index (χ0) is 19.4. The number of hydrogen-bond donors (Lipinski definition) is 2. The van der Waals surface area contributed by atoms with Gasteiger partial charge in [-0.15, -0.1) is 0 Å². The second-order valence-electron chi connectivity index (χ2n) is 6.26. The maximum absolute atomic E-state index is 12.7. The highest BCUT2D eigenvalue weighted by molar-refractivity contribution is 7.89. The van der Waals surface area contributed by atoms with E-state index in [-0.39, 0.29) is 16.4 Å². The van der Waals surface area contributed by atoms with Gasteiger partial charge in [-0.2, -0.15) is 4.31 Å². The highest BCUT2D eigenvalue weighted by Crippen LogP contribution is 2.27. The summed E-state index contributed by atoms with van der Waals surface area (Å²) in [6.07, 6.45) is 1.68. The number of benzene rings is 1. The van der Waals surface area contributed by atoms with Crippen LogP contribution in [0.5, 0.6) is 5.75 Å². The molecule has 0 aliphatic carbocycles. The molecule has 9 heteroatoms. The van der Waals surface area contributed by atoms with E-state index in [4.69, 9.17) is 14.9 Å². The molecule has 1 aromatic heterocycles. The van der Waals surface area contributed by atoms with Crippen molar-refractivity contribution in [3.63, 3.8) is 0 Å². The van der Waals surface area contributed by atoms with Crippen LogP contribution < -0.4 is 15.8 Å². The van der Waals surface area contributed by atoms with Crippen molar-refractivity contribution in [3.8, 4) is 5.75 Å². The lowest BCUT2D eigenvalue weighted by Gasteiger charge is -2.14. The van der Waals surface area contributed by atoms with Crippen LogP contribution >= 0.6 is 0 Å². The first-order valence-electron chi connectivity index (χ1n) is 8.76. The number of nitrogens with two attached hydrogens (primary N) is 1. The smallest absolute Gasteiger partial charge is 0.291 e. The number of sulfonamides is 1. The molecule has 0 bridgehead atoms. The maximum Gasteiger partial charge on any atom is 0.291 e. The molecule has 1 saturated heterocycles. The van der Waals surface area contributed by atoms with Crippen LogP contribution in [0.3, 0.4) is 0 Å². The summed E-state index contributed by atoms with van der Waals surface area (Å²) in [6.45, 7) is 3.36. The summed E-state index contributed by atoms with van der Waals surface area (Å²) in [5, 5.41) is 2.68. The van der Waals surface area contributed by atoms with Crippen molar-refractivity contribution in [2.24, 2.45) is 5.73 Å². The number of hydrogen-bond acceptors (Lipinski definition) is 6. The number of rotatable bonds is 7. The second-order valence-corrected chi connectivity index (χ2v) is 8.16. The van der Waals surface area contributed by atoms with E-state index < -0.39 is 15.9 Å². The van der Waals surface area contributed by atoms with Gasteiger partial charge in [0.1, 0.15) is 23.0 Å². The molecule has 1 aromatic carbocycles. The van der Waals surface area contributed by atoms with Gasteiger partial charge in [0.25, 0.3) is 5.91 Å². The summed E-state index contributed by atoms with van der Waals surface area (Å²) in [5.41, 5.74) is 5.92. The zero-order valence-corrected chi connectivity index (χ0v) is 15.9. The Kier molecular flexibility index (Phi) is 5.83. The highest BCUT2D eigenvalue weighted by atomic mass is 32.2. The van der Waals surface area contributed by atoms with E-state index in [9.17, 15) is 13.2 Å². The van der Waals surface area contributed by atoms with Crippen LogP contribution in [0.15, 0.2) is 39.6 Å². The highest BCUT2D eigenvalue weighted by Gasteiger charge is 2.31. The normalized spacial score (nSPS) is 15.0. The molecule has 0 unspecified atom stereocenters. The maximum atomic E-state index is 12.7. The monoisotopic (exact) mass is 393 g/mol. The molecule has 3 N–H and O–H groups in total. The molecular formula is C18H23N3O5S. The van der Waals surface area contributed by atoms with Gasteiger partial charge in [-0.25, -0.2) is 8.42 Å². The lowest BCUT2D eigenvalue weighted by atomic mass is 10.3. The van der Waals surface area contributed by atoms with Crippen molar-refractivity contribution >= 4 is 21.6 Å². The van der Waals surface area contributed by atoms with Gasteiger partial charge in [0.15, 0.2) is 5.76 Å². The summed E-state index contributed by atoms with van der Waals surface area (Å²) in [6, 6.07) is 8.07. The lowest BCUT2D eigenvalue weighted by molar-refractivity contribution is 0.0995. The van der Waals surface area contributed by atoms with Gasteiger partial charge < -0.3 is 20.2 Å². The number of amides is 1. The second kappa shape index (κ2) is 8.12. The Balaban J connectivity index is 1.72. The lowest BCUT2D eigenvalue weighted by Crippen LogP contribution is -2.28. The van der Waals surface area contributed by atoms with Crippen LogP contribution in [0.1, 0.15) is 29.2 Å². The van der Waals surface area contributed by atoms with Crippen molar-refractivity contribution < 1.29 is 22.4 Å². The van der Waals surface area contributed by atoms with E-state index in [0.717, 1.165) is 12.8 Å². The number of nitrogens with one attached hydrogen (secondary N) is 1. The number of carbonyl (C=O) groups excluding carboxylic acids is 1. The van der Waals surface area contributed by atoms with Crippen LogP contribution in [0.4, 0.5) is 5.69 Å². The van der Waals surface area contributed by atoms with Crippen molar-refractivity contribution in [1.82, 2.24) is 4.31 Å². The molecule has 146 valence electrons. The Hall–Kier alpha value is -2.36. The number of carbonyl (C=O) groups is 1. The van der Waals surface area contributed by atoms with Gasteiger partial charge in [-0.3, -0.25) is 4.79 Å². The van der Waals surface area contributed by atoms with Gasteiger partial charge in [0, 0.05) is 31.4 Å². The predicted octanol–water partition coefficient (Wildman–Crippen LogP) is 1.96. The first-order valence-corrected chi connectivity index (χ1v) is 10.2. The molecule has 0 atom stereocenters. The van der Waals surface area contributed by atoms with Gasteiger partial charge in [0.05, 0.1) is 0 Å². The quantitative estimate of drug-likeness (QED) is 0.743. The van der Waals surface area contributed by atoms with Gasteiger partial charge in [-0.1, -0.05) is 0 Å². The van der Waals surface area contributed by atoms with Crippen LogP contribution in [-0.2, 0) is 10.0 Å². The minimum absolute atomic E-state index is 0.0417. The molecule has 0 saturated carbocycles. The Bertz CT molecular complexity index is 900. The van der Waals surface area contributed by atoms with E-state index in [2.05, 4.69) is 5.32 Å². The van der Waals surface area contributed by atoms with Crippen LogP contribution in [0.2, 0.25) is 0 Å². The average Bonchev–Trinajstić information content (AvgIpc) is 3.31. The molecule has 2 heterocycles. The molecule has 27 heavy (non-hydrogen) atoms. The molecule has 3 rings (SSSR count). The first-order chi connectivity index (χ1) is 12.9. The number of furan rings is 1. The summed E-state index contributed by atoms with van der Waals surface area (Å²) < 4.78 is 37.6. The van der Waals surface area contributed by atoms with Gasteiger partial charge in [0.2, 0.25) is 10.0 Å². The van der Waals surface area contributed by atoms with E-state index in [1.165, 1.54) is 10.4 Å². The van der Waals surface area contributed by atoms with Crippen molar-refractivity contribution in [2.75, 3.05) is 31.6 Å². The molecular weight excluding hydrogens is 370 g/mol. The molecule has 0 spiro atoms. The van der Waals surface area contributed by atoms with Crippen LogP contribution in [0, 0.1) is 6.92 Å². The fourth-order valence-electron chi connectivity index (χ4n) is 2.90. The number of aryl methyl sites for hydroxylation is 1. The van der Waals surface area contributed by atoms with Crippen LogP contribution in [0.25, 0.3) is 0 Å². The summed E-state index contributed by atoms with van der Waals surface area (Å²) >= 11 is 0. The van der Waals surface area contributed by atoms with Crippen molar-refractivity contribution in [2.45, 2.75) is 24.7 Å². The van der Waals surface area contributed by atoms with Gasteiger partial charge in [-0.05, 0) is 44.0 Å². The van der Waals surface area contributed by atoms with E-state index in [1.54, 1.807) is 31.2 Å². The standard InChI is InChI=1S/C18H23N3O5S/c1-13-17(27(23,24)21-9-2-3-10-21)12-16(26-13)18(22)20-14-4-6-15(7-5-14)25-11-8-19/h4-7,12H,2-3,8-11,19H2,1H3,(H,20,22). The fourth-order valence-corrected chi connectivity index (χ4v) is 4.58. The first kappa shape index (κ1) is 19.4. The third-order valence-electron chi connectivity index (χ3n) is 4.28. The summed E-state index contributed by atoms with van der Waals surface area (Å²) in [5.74, 6) is 0.286.